The molecule has 0 unspecified atom stereocenters. The molecule has 0 bridgehead atoms. The van der Waals surface area contributed by atoms with Gasteiger partial charge in [-0.1, -0.05) is 31.4 Å². The Balaban J connectivity index is 1.50. The topological polar surface area (TPSA) is 58.2 Å². The number of rotatable bonds is 5. The van der Waals surface area contributed by atoms with Gasteiger partial charge in [-0.25, -0.2) is 0 Å². The zero-order valence-corrected chi connectivity index (χ0v) is 12.9. The van der Waals surface area contributed by atoms with Crippen LogP contribution in [0.1, 0.15) is 66.8 Å². The van der Waals surface area contributed by atoms with Crippen LogP contribution >= 0.6 is 0 Å². The van der Waals surface area contributed by atoms with Crippen molar-refractivity contribution in [1.29, 1.82) is 0 Å². The molecular formula is C18H24N2O2. The molecule has 2 N–H and O–H groups in total. The smallest absolute Gasteiger partial charge is 0.251 e. The van der Waals surface area contributed by atoms with Gasteiger partial charge in [-0.15, -0.1) is 0 Å². The average Bonchev–Trinajstić information content (AvgIpc) is 3.37. The predicted octanol–water partition coefficient (Wildman–Crippen LogP) is 2.74. The summed E-state index contributed by atoms with van der Waals surface area (Å²) >= 11 is 0. The SMILES string of the molecule is O=C(CNC(=O)c1ccc(C2CCCCC2)cc1)NC1CC1. The minimum Gasteiger partial charge on any atom is -0.352 e. The van der Waals surface area contributed by atoms with Gasteiger partial charge in [-0.3, -0.25) is 9.59 Å². The molecule has 4 heteroatoms. The summed E-state index contributed by atoms with van der Waals surface area (Å²) in [4.78, 5) is 23.6. The molecule has 0 aliphatic heterocycles. The number of amides is 2. The first-order valence-electron chi connectivity index (χ1n) is 8.40. The lowest BCUT2D eigenvalue weighted by atomic mass is 9.84. The molecule has 2 aliphatic carbocycles. The van der Waals surface area contributed by atoms with Crippen LogP contribution in [0.2, 0.25) is 0 Å². The van der Waals surface area contributed by atoms with Crippen LogP contribution in [0.3, 0.4) is 0 Å². The fraction of sp³-hybridized carbons (Fsp3) is 0.556. The minimum atomic E-state index is -0.179. The maximum Gasteiger partial charge on any atom is 0.251 e. The van der Waals surface area contributed by atoms with E-state index in [1.165, 1.54) is 37.7 Å². The molecular weight excluding hydrogens is 276 g/mol. The molecule has 2 aliphatic rings. The van der Waals surface area contributed by atoms with Gasteiger partial charge in [0.05, 0.1) is 6.54 Å². The summed E-state index contributed by atoms with van der Waals surface area (Å²) in [6, 6.07) is 8.21. The van der Waals surface area contributed by atoms with Crippen LogP contribution in [0.25, 0.3) is 0 Å². The van der Waals surface area contributed by atoms with E-state index < -0.39 is 0 Å². The summed E-state index contributed by atoms with van der Waals surface area (Å²) < 4.78 is 0. The lowest BCUT2D eigenvalue weighted by molar-refractivity contribution is -0.120. The molecule has 1 aromatic rings. The molecule has 1 aromatic carbocycles. The number of carbonyl (C=O) groups is 2. The molecule has 2 fully saturated rings. The van der Waals surface area contributed by atoms with Crippen LogP contribution < -0.4 is 10.6 Å². The zero-order valence-electron chi connectivity index (χ0n) is 12.9. The van der Waals surface area contributed by atoms with Gasteiger partial charge in [0.15, 0.2) is 0 Å². The van der Waals surface area contributed by atoms with Gasteiger partial charge in [0.25, 0.3) is 5.91 Å². The molecule has 3 rings (SSSR count). The van der Waals surface area contributed by atoms with Crippen molar-refractivity contribution in [3.8, 4) is 0 Å². The summed E-state index contributed by atoms with van der Waals surface area (Å²) in [6.07, 6.45) is 8.59. The fourth-order valence-electron chi connectivity index (χ4n) is 3.11. The monoisotopic (exact) mass is 300 g/mol. The quantitative estimate of drug-likeness (QED) is 0.878. The number of hydrogen-bond donors (Lipinski definition) is 2. The summed E-state index contributed by atoms with van der Waals surface area (Å²) in [5.74, 6) is 0.367. The summed E-state index contributed by atoms with van der Waals surface area (Å²) in [5, 5.41) is 5.54. The van der Waals surface area contributed by atoms with E-state index in [0.717, 1.165) is 12.8 Å². The first-order valence-corrected chi connectivity index (χ1v) is 8.40. The van der Waals surface area contributed by atoms with Crippen molar-refractivity contribution in [2.45, 2.75) is 56.9 Å². The van der Waals surface area contributed by atoms with E-state index in [9.17, 15) is 9.59 Å². The second-order valence-electron chi connectivity index (χ2n) is 6.48. The Kier molecular flexibility index (Phi) is 4.76. The van der Waals surface area contributed by atoms with E-state index in [1.54, 1.807) is 0 Å². The van der Waals surface area contributed by atoms with E-state index in [0.29, 0.717) is 17.5 Å². The highest BCUT2D eigenvalue weighted by atomic mass is 16.2. The molecule has 0 heterocycles. The second-order valence-corrected chi connectivity index (χ2v) is 6.48. The predicted molar refractivity (Wildman–Crippen MR) is 85.8 cm³/mol. The fourth-order valence-corrected chi connectivity index (χ4v) is 3.11. The molecule has 2 saturated carbocycles. The third-order valence-corrected chi connectivity index (χ3v) is 4.60. The minimum absolute atomic E-state index is 0.0553. The van der Waals surface area contributed by atoms with Gasteiger partial charge in [-0.05, 0) is 49.3 Å². The molecule has 0 saturated heterocycles. The maximum absolute atomic E-state index is 12.0. The van der Waals surface area contributed by atoms with E-state index in [4.69, 9.17) is 0 Å². The van der Waals surface area contributed by atoms with Crippen molar-refractivity contribution < 1.29 is 9.59 Å². The highest BCUT2D eigenvalue weighted by Crippen LogP contribution is 2.32. The molecule has 22 heavy (non-hydrogen) atoms. The first-order chi connectivity index (χ1) is 10.7. The molecule has 0 radical (unpaired) electrons. The summed E-state index contributed by atoms with van der Waals surface area (Å²) in [6.45, 7) is 0.0553. The molecule has 2 amide bonds. The van der Waals surface area contributed by atoms with Crippen LogP contribution in [0.4, 0.5) is 0 Å². The second kappa shape index (κ2) is 6.95. The Morgan fingerprint density at radius 2 is 1.64 bits per heavy atom. The average molecular weight is 300 g/mol. The van der Waals surface area contributed by atoms with E-state index in [1.807, 2.05) is 12.1 Å². The lowest BCUT2D eigenvalue weighted by Crippen LogP contribution is -2.37. The molecule has 0 aromatic heterocycles. The van der Waals surface area contributed by atoms with E-state index in [2.05, 4.69) is 22.8 Å². The van der Waals surface area contributed by atoms with Crippen LogP contribution in [-0.4, -0.2) is 24.4 Å². The van der Waals surface area contributed by atoms with Gasteiger partial charge < -0.3 is 10.6 Å². The van der Waals surface area contributed by atoms with Crippen LogP contribution in [-0.2, 0) is 4.79 Å². The van der Waals surface area contributed by atoms with Crippen LogP contribution in [0.15, 0.2) is 24.3 Å². The Morgan fingerprint density at radius 3 is 2.27 bits per heavy atom. The zero-order chi connectivity index (χ0) is 15.4. The highest BCUT2D eigenvalue weighted by molar-refractivity contribution is 5.96. The highest BCUT2D eigenvalue weighted by Gasteiger charge is 2.23. The number of carbonyl (C=O) groups excluding carboxylic acids is 2. The molecule has 0 atom stereocenters. The maximum atomic E-state index is 12.0. The largest absolute Gasteiger partial charge is 0.352 e. The summed E-state index contributed by atoms with van der Waals surface area (Å²) in [7, 11) is 0. The lowest BCUT2D eigenvalue weighted by Gasteiger charge is -2.22. The van der Waals surface area contributed by atoms with Gasteiger partial charge in [0.2, 0.25) is 5.91 Å². The van der Waals surface area contributed by atoms with Gasteiger partial charge >= 0.3 is 0 Å². The van der Waals surface area contributed by atoms with Gasteiger partial charge in [0.1, 0.15) is 0 Å². The van der Waals surface area contributed by atoms with Crippen LogP contribution in [0, 0.1) is 0 Å². The molecule has 0 spiro atoms. The Hall–Kier alpha value is -1.84. The van der Waals surface area contributed by atoms with E-state index >= 15 is 0 Å². The van der Waals surface area contributed by atoms with Crippen molar-refractivity contribution in [2.24, 2.45) is 0 Å². The van der Waals surface area contributed by atoms with Crippen molar-refractivity contribution in [1.82, 2.24) is 10.6 Å². The van der Waals surface area contributed by atoms with E-state index in [-0.39, 0.29) is 18.4 Å². The Labute approximate surface area is 131 Å². The molecule has 4 nitrogen and oxygen atoms in total. The third-order valence-electron chi connectivity index (χ3n) is 4.60. The van der Waals surface area contributed by atoms with Crippen molar-refractivity contribution in [3.63, 3.8) is 0 Å². The van der Waals surface area contributed by atoms with Crippen molar-refractivity contribution in [3.05, 3.63) is 35.4 Å². The van der Waals surface area contributed by atoms with Crippen LogP contribution in [0.5, 0.6) is 0 Å². The number of benzene rings is 1. The van der Waals surface area contributed by atoms with Gasteiger partial charge in [-0.2, -0.15) is 0 Å². The Bertz CT molecular complexity index is 529. The van der Waals surface area contributed by atoms with Gasteiger partial charge in [0, 0.05) is 11.6 Å². The first kappa shape index (κ1) is 15.1. The summed E-state index contributed by atoms with van der Waals surface area (Å²) in [5.41, 5.74) is 1.96. The Morgan fingerprint density at radius 1 is 0.955 bits per heavy atom. The number of hydrogen-bond acceptors (Lipinski definition) is 2. The standard InChI is InChI=1S/C18H24N2O2/c21-17(20-16-10-11-16)12-19-18(22)15-8-6-14(7-9-15)13-4-2-1-3-5-13/h6-9,13,16H,1-5,10-12H2,(H,19,22)(H,20,21). The normalized spacial score (nSPS) is 18.7. The number of nitrogens with one attached hydrogen (secondary N) is 2. The van der Waals surface area contributed by atoms with Crippen molar-refractivity contribution >= 4 is 11.8 Å². The van der Waals surface area contributed by atoms with Crippen molar-refractivity contribution in [2.75, 3.05) is 6.54 Å². The molecule has 118 valence electrons. The third kappa shape index (κ3) is 4.09.